The number of hydrogen-bond donors (Lipinski definition) is 1. The van der Waals surface area contributed by atoms with Crippen LogP contribution in [0.3, 0.4) is 0 Å². The number of rotatable bonds is 7. The van der Waals surface area contributed by atoms with Crippen LogP contribution in [0.15, 0.2) is 69.9 Å². The Bertz CT molecular complexity index is 1290. The Morgan fingerprint density at radius 1 is 1.19 bits per heavy atom. The molecule has 0 radical (unpaired) electrons. The quantitative estimate of drug-likeness (QED) is 0.306. The number of fused-ring (bicyclic) bond motifs is 1. The average Bonchev–Trinajstić information content (AvgIpc) is 3.25. The van der Waals surface area contributed by atoms with Gasteiger partial charge in [-0.2, -0.15) is 0 Å². The van der Waals surface area contributed by atoms with Crippen LogP contribution in [-0.2, 0) is 11.3 Å². The van der Waals surface area contributed by atoms with Gasteiger partial charge in [0.25, 0.3) is 5.56 Å². The van der Waals surface area contributed by atoms with Crippen molar-refractivity contribution < 1.29 is 9.53 Å². The smallest absolute Gasteiger partial charge is 0.272 e. The van der Waals surface area contributed by atoms with Gasteiger partial charge in [0, 0.05) is 0 Å². The summed E-state index contributed by atoms with van der Waals surface area (Å²) in [6.45, 7) is 0.345. The molecule has 4 aromatic rings. The molecule has 2 aromatic carbocycles. The van der Waals surface area contributed by atoms with Crippen LogP contribution in [0.5, 0.6) is 5.75 Å². The predicted octanol–water partition coefficient (Wildman–Crippen LogP) is 4.90. The Balaban J connectivity index is 1.58. The van der Waals surface area contributed by atoms with E-state index in [4.69, 9.17) is 16.3 Å². The van der Waals surface area contributed by atoms with Crippen molar-refractivity contribution in [3.05, 3.63) is 80.9 Å². The number of carbonyl (C=O) groups is 1. The van der Waals surface area contributed by atoms with E-state index in [0.29, 0.717) is 32.6 Å². The first kappa shape index (κ1) is 21.4. The van der Waals surface area contributed by atoms with Crippen LogP contribution in [0.25, 0.3) is 10.2 Å². The van der Waals surface area contributed by atoms with Gasteiger partial charge in [-0.1, -0.05) is 47.6 Å². The molecule has 1 amide bonds. The predicted molar refractivity (Wildman–Crippen MR) is 127 cm³/mol. The summed E-state index contributed by atoms with van der Waals surface area (Å²) >= 11 is 8.69. The number of methoxy groups -OCH3 is 1. The molecule has 0 unspecified atom stereocenters. The van der Waals surface area contributed by atoms with Crippen molar-refractivity contribution >= 4 is 56.5 Å². The second-order valence-electron chi connectivity index (χ2n) is 6.59. The SMILES string of the molecule is COc1ccc(Cn2c(SCC(=O)Nc3ccccc3Cl)nc3ccsc3c2=O)cc1. The van der Waals surface area contributed by atoms with Crippen molar-refractivity contribution in [3.63, 3.8) is 0 Å². The molecule has 0 aliphatic rings. The fraction of sp³-hybridized carbons (Fsp3) is 0.136. The first-order valence-corrected chi connectivity index (χ1v) is 11.6. The molecule has 0 aliphatic carbocycles. The summed E-state index contributed by atoms with van der Waals surface area (Å²) in [5.74, 6) is 0.609. The molecule has 0 bridgehead atoms. The van der Waals surface area contributed by atoms with E-state index in [0.717, 1.165) is 11.3 Å². The summed E-state index contributed by atoms with van der Waals surface area (Å²) in [7, 11) is 1.61. The van der Waals surface area contributed by atoms with Gasteiger partial charge >= 0.3 is 0 Å². The number of amides is 1. The van der Waals surface area contributed by atoms with E-state index in [9.17, 15) is 9.59 Å². The highest BCUT2D eigenvalue weighted by molar-refractivity contribution is 7.99. The van der Waals surface area contributed by atoms with Gasteiger partial charge in [-0.3, -0.25) is 14.2 Å². The highest BCUT2D eigenvalue weighted by Gasteiger charge is 2.15. The fourth-order valence-corrected chi connectivity index (χ4v) is 4.73. The lowest BCUT2D eigenvalue weighted by molar-refractivity contribution is -0.113. The number of thioether (sulfide) groups is 1. The number of benzene rings is 2. The fourth-order valence-electron chi connectivity index (χ4n) is 2.97. The number of ether oxygens (including phenoxy) is 1. The largest absolute Gasteiger partial charge is 0.497 e. The van der Waals surface area contributed by atoms with Crippen molar-refractivity contribution in [1.29, 1.82) is 0 Å². The number of para-hydroxylation sites is 1. The zero-order valence-electron chi connectivity index (χ0n) is 16.5. The third kappa shape index (κ3) is 4.92. The summed E-state index contributed by atoms with van der Waals surface area (Å²) in [5, 5.41) is 5.59. The number of thiophene rings is 1. The van der Waals surface area contributed by atoms with E-state index >= 15 is 0 Å². The molecule has 1 N–H and O–H groups in total. The minimum absolute atomic E-state index is 0.0932. The number of nitrogens with zero attached hydrogens (tertiary/aromatic N) is 2. The number of halogens is 1. The zero-order valence-corrected chi connectivity index (χ0v) is 18.9. The molecule has 0 spiro atoms. The second-order valence-corrected chi connectivity index (χ2v) is 8.85. The topological polar surface area (TPSA) is 73.2 Å². The Labute approximate surface area is 191 Å². The van der Waals surface area contributed by atoms with Gasteiger partial charge in [-0.25, -0.2) is 4.98 Å². The molecule has 2 heterocycles. The molecule has 9 heteroatoms. The Kier molecular flexibility index (Phi) is 6.60. The summed E-state index contributed by atoms with van der Waals surface area (Å²) in [5.41, 5.74) is 1.99. The molecule has 31 heavy (non-hydrogen) atoms. The first-order chi connectivity index (χ1) is 15.0. The molecule has 0 atom stereocenters. The van der Waals surface area contributed by atoms with E-state index in [1.165, 1.54) is 23.1 Å². The molecule has 6 nitrogen and oxygen atoms in total. The van der Waals surface area contributed by atoms with Crippen LogP contribution < -0.4 is 15.6 Å². The van der Waals surface area contributed by atoms with Crippen LogP contribution in [0.4, 0.5) is 5.69 Å². The molecule has 0 aliphatic heterocycles. The van der Waals surface area contributed by atoms with Crippen molar-refractivity contribution in [2.45, 2.75) is 11.7 Å². The van der Waals surface area contributed by atoms with E-state index in [-0.39, 0.29) is 17.2 Å². The standard InChI is InChI=1S/C22H18ClN3O3S2/c1-29-15-8-6-14(7-9-15)12-26-21(28)20-18(10-11-30-20)25-22(26)31-13-19(27)24-17-5-3-2-4-16(17)23/h2-11H,12-13H2,1H3,(H,24,27). The maximum absolute atomic E-state index is 13.1. The van der Waals surface area contributed by atoms with Crippen molar-refractivity contribution in [2.24, 2.45) is 0 Å². The van der Waals surface area contributed by atoms with E-state index in [1.54, 1.807) is 35.9 Å². The van der Waals surface area contributed by atoms with E-state index in [2.05, 4.69) is 10.3 Å². The lowest BCUT2D eigenvalue weighted by Gasteiger charge is -2.13. The normalized spacial score (nSPS) is 10.9. The summed E-state index contributed by atoms with van der Waals surface area (Å²) in [4.78, 5) is 30.2. The lowest BCUT2D eigenvalue weighted by atomic mass is 10.2. The number of carbonyl (C=O) groups excluding carboxylic acids is 1. The Hall–Kier alpha value is -2.81. The molecular weight excluding hydrogens is 454 g/mol. The summed E-state index contributed by atoms with van der Waals surface area (Å²) in [6.07, 6.45) is 0. The molecule has 0 saturated carbocycles. The number of anilines is 1. The third-order valence-corrected chi connectivity index (χ3v) is 6.71. The second kappa shape index (κ2) is 9.55. The zero-order chi connectivity index (χ0) is 21.8. The number of aromatic nitrogens is 2. The highest BCUT2D eigenvalue weighted by atomic mass is 35.5. The number of hydrogen-bond acceptors (Lipinski definition) is 6. The van der Waals surface area contributed by atoms with Crippen molar-refractivity contribution in [1.82, 2.24) is 9.55 Å². The van der Waals surface area contributed by atoms with Gasteiger partial charge in [0.2, 0.25) is 5.91 Å². The van der Waals surface area contributed by atoms with Crippen LogP contribution in [0.1, 0.15) is 5.56 Å². The van der Waals surface area contributed by atoms with Crippen LogP contribution >= 0.6 is 34.7 Å². The minimum Gasteiger partial charge on any atom is -0.497 e. The van der Waals surface area contributed by atoms with Crippen molar-refractivity contribution in [2.75, 3.05) is 18.2 Å². The van der Waals surface area contributed by atoms with Crippen LogP contribution in [0.2, 0.25) is 5.02 Å². The Morgan fingerprint density at radius 3 is 2.71 bits per heavy atom. The van der Waals surface area contributed by atoms with Crippen LogP contribution in [-0.4, -0.2) is 28.3 Å². The third-order valence-electron chi connectivity index (χ3n) is 4.51. The maximum atomic E-state index is 13.1. The summed E-state index contributed by atoms with van der Waals surface area (Å²) < 4.78 is 7.40. The van der Waals surface area contributed by atoms with Gasteiger partial charge in [-0.05, 0) is 41.3 Å². The minimum atomic E-state index is -0.228. The lowest BCUT2D eigenvalue weighted by Crippen LogP contribution is -2.24. The molecule has 4 rings (SSSR count). The van der Waals surface area contributed by atoms with Gasteiger partial charge < -0.3 is 10.1 Å². The maximum Gasteiger partial charge on any atom is 0.272 e. The van der Waals surface area contributed by atoms with Gasteiger partial charge in [-0.15, -0.1) is 11.3 Å². The Morgan fingerprint density at radius 2 is 1.97 bits per heavy atom. The van der Waals surface area contributed by atoms with Gasteiger partial charge in [0.05, 0.1) is 35.6 Å². The van der Waals surface area contributed by atoms with E-state index < -0.39 is 0 Å². The first-order valence-electron chi connectivity index (χ1n) is 9.33. The molecule has 2 aromatic heterocycles. The highest BCUT2D eigenvalue weighted by Crippen LogP contribution is 2.24. The molecule has 158 valence electrons. The molecule has 0 fully saturated rings. The van der Waals surface area contributed by atoms with E-state index in [1.807, 2.05) is 35.7 Å². The van der Waals surface area contributed by atoms with Gasteiger partial charge in [0.15, 0.2) is 5.16 Å². The van der Waals surface area contributed by atoms with Crippen molar-refractivity contribution in [3.8, 4) is 5.75 Å². The average molecular weight is 472 g/mol. The summed E-state index contributed by atoms with van der Waals surface area (Å²) in [6, 6.07) is 16.4. The molecular formula is C22H18ClN3O3S2. The van der Waals surface area contributed by atoms with Crippen LogP contribution in [0, 0.1) is 0 Å². The monoisotopic (exact) mass is 471 g/mol. The molecule has 0 saturated heterocycles. The number of nitrogens with one attached hydrogen (secondary N) is 1. The van der Waals surface area contributed by atoms with Gasteiger partial charge in [0.1, 0.15) is 10.4 Å².